The molecule has 0 radical (unpaired) electrons. The van der Waals surface area contributed by atoms with E-state index in [2.05, 4.69) is 71.0 Å². The fraction of sp³-hybridized carbons (Fsp3) is 0.409. The van der Waals surface area contributed by atoms with Crippen LogP contribution in [-0.2, 0) is 17.1 Å². The van der Waals surface area contributed by atoms with Crippen LogP contribution in [0.15, 0.2) is 54.6 Å². The van der Waals surface area contributed by atoms with Crippen LogP contribution >= 0.6 is 11.8 Å². The van der Waals surface area contributed by atoms with Crippen molar-refractivity contribution in [3.63, 3.8) is 0 Å². The number of nitrogens with zero attached hydrogens (tertiary/aromatic N) is 1. The number of carbonyl (C=O) groups is 1. The van der Waals surface area contributed by atoms with E-state index in [0.717, 1.165) is 31.8 Å². The zero-order valence-corrected chi connectivity index (χ0v) is 16.5. The summed E-state index contributed by atoms with van der Waals surface area (Å²) in [6, 6.07) is 19.4. The number of likely N-dealkylation sites (tertiary alicyclic amines) is 1. The minimum absolute atomic E-state index is 0.000673. The Kier molecular flexibility index (Phi) is 5.81. The number of benzene rings is 2. The topological polar surface area (TPSA) is 44.4 Å². The molecule has 0 bridgehead atoms. The van der Waals surface area contributed by atoms with E-state index in [4.69, 9.17) is 0 Å². The molecule has 27 heavy (non-hydrogen) atoms. The van der Waals surface area contributed by atoms with E-state index in [1.165, 1.54) is 16.7 Å². The van der Waals surface area contributed by atoms with Crippen molar-refractivity contribution in [2.75, 3.05) is 13.1 Å². The second kappa shape index (κ2) is 8.46. The third-order valence-corrected chi connectivity index (χ3v) is 6.55. The molecule has 4 nitrogen and oxygen atoms in total. The molecule has 0 spiro atoms. The van der Waals surface area contributed by atoms with E-state index in [1.807, 2.05) is 6.07 Å². The number of amides is 1. The Balaban J connectivity index is 1.30. The van der Waals surface area contributed by atoms with Crippen LogP contribution in [0.5, 0.6) is 0 Å². The lowest BCUT2D eigenvalue weighted by atomic mass is 9.89. The van der Waals surface area contributed by atoms with Crippen molar-refractivity contribution in [1.29, 1.82) is 0 Å². The Labute approximate surface area is 165 Å². The van der Waals surface area contributed by atoms with Crippen molar-refractivity contribution in [3.05, 3.63) is 71.3 Å². The molecular formula is C22H27N3OS. The molecule has 2 aromatic carbocycles. The highest BCUT2D eigenvalue weighted by molar-refractivity contribution is 7.99. The number of aryl methyl sites for hydroxylation is 1. The van der Waals surface area contributed by atoms with Crippen LogP contribution < -0.4 is 10.6 Å². The van der Waals surface area contributed by atoms with Crippen LogP contribution in [0.25, 0.3) is 0 Å². The number of hydrogen-bond acceptors (Lipinski definition) is 4. The maximum absolute atomic E-state index is 12.7. The van der Waals surface area contributed by atoms with E-state index in [0.29, 0.717) is 0 Å². The average Bonchev–Trinajstić information content (AvgIpc) is 2.69. The van der Waals surface area contributed by atoms with Crippen LogP contribution in [0.1, 0.15) is 23.1 Å². The van der Waals surface area contributed by atoms with Gasteiger partial charge in [0.15, 0.2) is 0 Å². The van der Waals surface area contributed by atoms with Crippen LogP contribution in [0.2, 0.25) is 0 Å². The SMILES string of the molecule is Cc1ccc(CSC2NC(=O)C3CN(Cc4ccccc4)CCC3N2)cc1. The molecule has 3 atom stereocenters. The molecule has 5 heteroatoms. The summed E-state index contributed by atoms with van der Waals surface area (Å²) in [4.78, 5) is 15.1. The Morgan fingerprint density at radius 1 is 1.07 bits per heavy atom. The van der Waals surface area contributed by atoms with E-state index >= 15 is 0 Å². The fourth-order valence-corrected chi connectivity index (χ4v) is 4.92. The van der Waals surface area contributed by atoms with Gasteiger partial charge in [0.2, 0.25) is 5.91 Å². The molecule has 2 heterocycles. The molecule has 0 saturated carbocycles. The third-order valence-electron chi connectivity index (χ3n) is 5.46. The second-order valence-corrected chi connectivity index (χ2v) is 8.67. The van der Waals surface area contributed by atoms with Gasteiger partial charge in [0, 0.05) is 31.4 Å². The summed E-state index contributed by atoms with van der Waals surface area (Å²) in [7, 11) is 0. The Morgan fingerprint density at radius 2 is 1.85 bits per heavy atom. The Hall–Kier alpha value is -1.82. The fourth-order valence-electron chi connectivity index (χ4n) is 3.90. The largest absolute Gasteiger partial charge is 0.331 e. The highest BCUT2D eigenvalue weighted by Gasteiger charge is 2.39. The zero-order valence-electron chi connectivity index (χ0n) is 15.7. The highest BCUT2D eigenvalue weighted by atomic mass is 32.2. The maximum Gasteiger partial charge on any atom is 0.227 e. The van der Waals surface area contributed by atoms with Gasteiger partial charge in [0.05, 0.1) is 5.92 Å². The van der Waals surface area contributed by atoms with Crippen LogP contribution in [0.3, 0.4) is 0 Å². The Bertz CT molecular complexity index is 765. The van der Waals surface area contributed by atoms with Gasteiger partial charge in [-0.05, 0) is 24.5 Å². The lowest BCUT2D eigenvalue weighted by Crippen LogP contribution is -2.64. The van der Waals surface area contributed by atoms with Crippen molar-refractivity contribution in [1.82, 2.24) is 15.5 Å². The first kappa shape index (κ1) is 18.5. The molecular weight excluding hydrogens is 354 g/mol. The molecule has 2 aliphatic rings. The number of piperidine rings is 1. The summed E-state index contributed by atoms with van der Waals surface area (Å²) in [6.07, 6.45) is 1.02. The predicted octanol–water partition coefficient (Wildman–Crippen LogP) is 3.12. The van der Waals surface area contributed by atoms with Gasteiger partial charge in [0.25, 0.3) is 0 Å². The van der Waals surface area contributed by atoms with Crippen LogP contribution in [-0.4, -0.2) is 35.4 Å². The van der Waals surface area contributed by atoms with Gasteiger partial charge < -0.3 is 5.32 Å². The summed E-state index contributed by atoms with van der Waals surface area (Å²) in [6.45, 7) is 4.88. The van der Waals surface area contributed by atoms with Crippen LogP contribution in [0, 0.1) is 12.8 Å². The summed E-state index contributed by atoms with van der Waals surface area (Å²) < 4.78 is 0. The molecule has 2 aliphatic heterocycles. The molecule has 142 valence electrons. The molecule has 4 rings (SSSR count). The van der Waals surface area contributed by atoms with Crippen molar-refractivity contribution in [3.8, 4) is 0 Å². The molecule has 2 saturated heterocycles. The van der Waals surface area contributed by atoms with Gasteiger partial charge in [-0.3, -0.25) is 15.0 Å². The molecule has 0 aromatic heterocycles. The summed E-state index contributed by atoms with van der Waals surface area (Å²) in [5.41, 5.74) is 3.88. The number of carbonyl (C=O) groups excluding carboxylic acids is 1. The predicted molar refractivity (Wildman–Crippen MR) is 111 cm³/mol. The van der Waals surface area contributed by atoms with E-state index in [9.17, 15) is 4.79 Å². The highest BCUT2D eigenvalue weighted by Crippen LogP contribution is 2.26. The first-order chi connectivity index (χ1) is 13.2. The number of nitrogens with one attached hydrogen (secondary N) is 2. The zero-order chi connectivity index (χ0) is 18.6. The number of fused-ring (bicyclic) bond motifs is 1. The normalized spacial score (nSPS) is 25.7. The van der Waals surface area contributed by atoms with Crippen molar-refractivity contribution in [2.45, 2.75) is 37.2 Å². The van der Waals surface area contributed by atoms with Crippen molar-refractivity contribution >= 4 is 17.7 Å². The molecule has 2 fully saturated rings. The minimum Gasteiger partial charge on any atom is -0.331 e. The first-order valence-electron chi connectivity index (χ1n) is 9.67. The van der Waals surface area contributed by atoms with Gasteiger partial charge in [-0.1, -0.05) is 60.2 Å². The summed E-state index contributed by atoms with van der Waals surface area (Å²) >= 11 is 1.76. The summed E-state index contributed by atoms with van der Waals surface area (Å²) in [5, 5.41) is 6.82. The van der Waals surface area contributed by atoms with Gasteiger partial charge in [0.1, 0.15) is 5.50 Å². The van der Waals surface area contributed by atoms with E-state index in [-0.39, 0.29) is 23.4 Å². The number of rotatable bonds is 5. The number of hydrogen-bond donors (Lipinski definition) is 2. The molecule has 3 unspecified atom stereocenters. The second-order valence-electron chi connectivity index (χ2n) is 7.57. The summed E-state index contributed by atoms with van der Waals surface area (Å²) in [5.74, 6) is 1.13. The lowest BCUT2D eigenvalue weighted by Gasteiger charge is -2.43. The van der Waals surface area contributed by atoms with E-state index < -0.39 is 0 Å². The standard InChI is InChI=1S/C22H27N3OS/c1-16-7-9-18(10-8-16)15-27-22-23-20-11-12-25(14-19(20)21(26)24-22)13-17-5-3-2-4-6-17/h2-10,19-20,22-23H,11-15H2,1H3,(H,24,26). The third kappa shape index (κ3) is 4.72. The monoisotopic (exact) mass is 381 g/mol. The minimum atomic E-state index is 0.000673. The number of thioether (sulfide) groups is 1. The molecule has 0 aliphatic carbocycles. The maximum atomic E-state index is 12.7. The smallest absolute Gasteiger partial charge is 0.227 e. The average molecular weight is 382 g/mol. The van der Waals surface area contributed by atoms with Crippen molar-refractivity contribution in [2.24, 2.45) is 5.92 Å². The van der Waals surface area contributed by atoms with E-state index in [1.54, 1.807) is 11.8 Å². The van der Waals surface area contributed by atoms with Gasteiger partial charge in [-0.15, -0.1) is 11.8 Å². The van der Waals surface area contributed by atoms with Gasteiger partial charge in [-0.25, -0.2) is 0 Å². The van der Waals surface area contributed by atoms with Crippen LogP contribution in [0.4, 0.5) is 0 Å². The Morgan fingerprint density at radius 3 is 2.63 bits per heavy atom. The van der Waals surface area contributed by atoms with Crippen molar-refractivity contribution < 1.29 is 4.79 Å². The molecule has 2 N–H and O–H groups in total. The lowest BCUT2D eigenvalue weighted by molar-refractivity contribution is -0.130. The molecule has 2 aromatic rings. The molecule has 1 amide bonds. The van der Waals surface area contributed by atoms with Gasteiger partial charge >= 0.3 is 0 Å². The van der Waals surface area contributed by atoms with Gasteiger partial charge in [-0.2, -0.15) is 0 Å². The quantitative estimate of drug-likeness (QED) is 0.835. The first-order valence-corrected chi connectivity index (χ1v) is 10.7.